The number of fused-ring (bicyclic) bond motifs is 1. The standard InChI is InChI=1S/C25H26FN5O5S/c1-6-15-10-11-19(18(26)12-15)27-22-20-21(14(2)23(32)29(22)3)31(25(34)30(4)24(20)33)17-9-7-8-16(13-17)28-37(5,35)36/h7-13,27-28H,6H2,1-5H3. The second-order valence-electron chi connectivity index (χ2n) is 8.76. The fraction of sp³-hybridized carbons (Fsp3) is 0.240. The molecule has 2 aromatic carbocycles. The maximum Gasteiger partial charge on any atom is 0.335 e. The summed E-state index contributed by atoms with van der Waals surface area (Å²) in [6.07, 6.45) is 1.62. The summed E-state index contributed by atoms with van der Waals surface area (Å²) in [5.74, 6) is -0.557. The van der Waals surface area contributed by atoms with E-state index in [0.29, 0.717) is 6.42 Å². The molecule has 0 amide bonds. The van der Waals surface area contributed by atoms with Crippen molar-refractivity contribution in [3.8, 4) is 5.69 Å². The van der Waals surface area contributed by atoms with Gasteiger partial charge in [0.2, 0.25) is 10.0 Å². The van der Waals surface area contributed by atoms with Crippen LogP contribution in [0.15, 0.2) is 56.8 Å². The van der Waals surface area contributed by atoms with E-state index in [1.54, 1.807) is 12.1 Å². The Labute approximate surface area is 211 Å². The molecule has 2 heterocycles. The molecule has 0 saturated carbocycles. The number of hydrogen-bond donors (Lipinski definition) is 2. The molecule has 0 fully saturated rings. The number of sulfonamides is 1. The molecule has 0 aliphatic carbocycles. The average Bonchev–Trinajstić information content (AvgIpc) is 2.84. The van der Waals surface area contributed by atoms with Gasteiger partial charge >= 0.3 is 5.69 Å². The highest BCUT2D eigenvalue weighted by atomic mass is 32.2. The lowest BCUT2D eigenvalue weighted by Gasteiger charge is -2.20. The Morgan fingerprint density at radius 2 is 1.68 bits per heavy atom. The van der Waals surface area contributed by atoms with Crippen LogP contribution in [-0.2, 0) is 30.5 Å². The summed E-state index contributed by atoms with van der Waals surface area (Å²) in [6, 6.07) is 10.6. The second-order valence-corrected chi connectivity index (χ2v) is 10.5. The lowest BCUT2D eigenvalue weighted by Crippen LogP contribution is -2.40. The lowest BCUT2D eigenvalue weighted by atomic mass is 10.1. The number of pyridine rings is 1. The van der Waals surface area contributed by atoms with E-state index in [2.05, 4.69) is 10.0 Å². The van der Waals surface area contributed by atoms with Crippen LogP contribution < -0.4 is 26.8 Å². The molecule has 37 heavy (non-hydrogen) atoms. The van der Waals surface area contributed by atoms with Gasteiger partial charge in [-0.05, 0) is 49.2 Å². The van der Waals surface area contributed by atoms with E-state index in [1.807, 2.05) is 6.92 Å². The van der Waals surface area contributed by atoms with Gasteiger partial charge < -0.3 is 5.32 Å². The van der Waals surface area contributed by atoms with E-state index in [-0.39, 0.29) is 39.3 Å². The quantitative estimate of drug-likeness (QED) is 0.397. The molecule has 0 bridgehead atoms. The Kier molecular flexibility index (Phi) is 6.55. The smallest absolute Gasteiger partial charge is 0.335 e. The number of hydrogen-bond acceptors (Lipinski definition) is 6. The summed E-state index contributed by atoms with van der Waals surface area (Å²) in [4.78, 5) is 40.0. The third kappa shape index (κ3) is 4.67. The Balaban J connectivity index is 2.10. The zero-order valence-corrected chi connectivity index (χ0v) is 21.7. The van der Waals surface area contributed by atoms with Gasteiger partial charge in [-0.3, -0.25) is 28.0 Å². The Morgan fingerprint density at radius 3 is 2.30 bits per heavy atom. The summed E-state index contributed by atoms with van der Waals surface area (Å²) in [7, 11) is -0.869. The van der Waals surface area contributed by atoms with Gasteiger partial charge in [0, 0.05) is 19.7 Å². The van der Waals surface area contributed by atoms with Crippen LogP contribution in [0.25, 0.3) is 16.6 Å². The van der Waals surface area contributed by atoms with Crippen molar-refractivity contribution in [3.05, 3.63) is 90.6 Å². The number of aryl methyl sites for hydroxylation is 2. The molecule has 0 saturated heterocycles. The minimum absolute atomic E-state index is 0.00788. The van der Waals surface area contributed by atoms with Gasteiger partial charge in [0.05, 0.1) is 28.8 Å². The first-order valence-electron chi connectivity index (χ1n) is 11.3. The number of nitrogens with zero attached hydrogens (tertiary/aromatic N) is 3. The molecule has 0 unspecified atom stereocenters. The predicted molar refractivity (Wildman–Crippen MR) is 142 cm³/mol. The fourth-order valence-corrected chi connectivity index (χ4v) is 4.78. The van der Waals surface area contributed by atoms with Crippen molar-refractivity contribution in [3.63, 3.8) is 0 Å². The number of anilines is 3. The summed E-state index contributed by atoms with van der Waals surface area (Å²) >= 11 is 0. The van der Waals surface area contributed by atoms with E-state index in [1.165, 1.54) is 60.5 Å². The predicted octanol–water partition coefficient (Wildman–Crippen LogP) is 2.51. The first-order valence-corrected chi connectivity index (χ1v) is 13.2. The van der Waals surface area contributed by atoms with E-state index in [9.17, 15) is 27.2 Å². The molecule has 2 aromatic heterocycles. The summed E-state index contributed by atoms with van der Waals surface area (Å²) < 4.78 is 43.9. The van der Waals surface area contributed by atoms with Crippen LogP contribution in [0.2, 0.25) is 0 Å². The van der Waals surface area contributed by atoms with Crippen molar-refractivity contribution in [2.45, 2.75) is 20.3 Å². The van der Waals surface area contributed by atoms with Crippen LogP contribution in [0.4, 0.5) is 21.6 Å². The van der Waals surface area contributed by atoms with E-state index in [4.69, 9.17) is 0 Å². The molecule has 2 N–H and O–H groups in total. The van der Waals surface area contributed by atoms with E-state index in [0.717, 1.165) is 16.4 Å². The van der Waals surface area contributed by atoms with Crippen LogP contribution in [0, 0.1) is 12.7 Å². The first kappa shape index (κ1) is 25.9. The monoisotopic (exact) mass is 527 g/mol. The maximum atomic E-state index is 14.9. The Hall–Kier alpha value is -4.19. The van der Waals surface area contributed by atoms with Crippen LogP contribution in [-0.4, -0.2) is 28.4 Å². The number of rotatable bonds is 6. The molecule has 0 radical (unpaired) electrons. The first-order chi connectivity index (χ1) is 17.3. The van der Waals surface area contributed by atoms with Crippen molar-refractivity contribution in [2.24, 2.45) is 14.1 Å². The highest BCUT2D eigenvalue weighted by molar-refractivity contribution is 7.92. The minimum Gasteiger partial charge on any atom is -0.338 e. The third-order valence-electron chi connectivity index (χ3n) is 6.11. The average molecular weight is 528 g/mol. The SMILES string of the molecule is CCc1ccc(Nc2c3c(=O)n(C)c(=O)n(-c4cccc(NS(C)(=O)=O)c4)c3c(C)c(=O)n2C)c(F)c1. The molecule has 0 atom stereocenters. The summed E-state index contributed by atoms with van der Waals surface area (Å²) in [5, 5.41) is 2.87. The minimum atomic E-state index is -3.61. The van der Waals surface area contributed by atoms with Crippen molar-refractivity contribution in [2.75, 3.05) is 16.3 Å². The van der Waals surface area contributed by atoms with E-state index < -0.39 is 32.6 Å². The Morgan fingerprint density at radius 1 is 0.973 bits per heavy atom. The van der Waals surface area contributed by atoms with Gasteiger partial charge in [0.1, 0.15) is 17.0 Å². The molecule has 194 valence electrons. The van der Waals surface area contributed by atoms with Crippen molar-refractivity contribution in [1.29, 1.82) is 0 Å². The molecule has 0 aliphatic heterocycles. The van der Waals surface area contributed by atoms with Crippen molar-refractivity contribution in [1.82, 2.24) is 13.7 Å². The highest BCUT2D eigenvalue weighted by Crippen LogP contribution is 2.27. The van der Waals surface area contributed by atoms with Gasteiger partial charge in [-0.15, -0.1) is 0 Å². The molecule has 4 aromatic rings. The van der Waals surface area contributed by atoms with Gasteiger partial charge in [-0.1, -0.05) is 19.1 Å². The van der Waals surface area contributed by atoms with Crippen LogP contribution in [0.1, 0.15) is 18.1 Å². The zero-order valence-electron chi connectivity index (χ0n) is 20.9. The number of halogens is 1. The lowest BCUT2D eigenvalue weighted by molar-refractivity contribution is 0.607. The van der Waals surface area contributed by atoms with Crippen molar-refractivity contribution >= 4 is 38.1 Å². The third-order valence-corrected chi connectivity index (χ3v) is 6.72. The van der Waals surface area contributed by atoms with Crippen molar-refractivity contribution < 1.29 is 12.8 Å². The van der Waals surface area contributed by atoms with Gasteiger partial charge in [0.25, 0.3) is 11.1 Å². The largest absolute Gasteiger partial charge is 0.338 e. The van der Waals surface area contributed by atoms with Gasteiger partial charge in [0.15, 0.2) is 0 Å². The summed E-state index contributed by atoms with van der Waals surface area (Å²) in [5.41, 5.74) is -0.557. The molecular formula is C25H26FN5O5S. The molecule has 12 heteroatoms. The van der Waals surface area contributed by atoms with Crippen LogP contribution in [0.5, 0.6) is 0 Å². The number of nitrogens with one attached hydrogen (secondary N) is 2. The Bertz CT molecular complexity index is 1860. The number of aromatic nitrogens is 3. The highest BCUT2D eigenvalue weighted by Gasteiger charge is 2.23. The normalized spacial score (nSPS) is 11.6. The molecule has 0 aliphatic rings. The molecule has 0 spiro atoms. The molecule has 10 nitrogen and oxygen atoms in total. The van der Waals surface area contributed by atoms with Crippen LogP contribution in [0.3, 0.4) is 0 Å². The van der Waals surface area contributed by atoms with Gasteiger partial charge in [-0.2, -0.15) is 0 Å². The fourth-order valence-electron chi connectivity index (χ4n) is 4.22. The molecular weight excluding hydrogens is 501 g/mol. The number of benzene rings is 2. The topological polar surface area (TPSA) is 124 Å². The zero-order chi connectivity index (χ0) is 27.2. The van der Waals surface area contributed by atoms with E-state index >= 15 is 0 Å². The summed E-state index contributed by atoms with van der Waals surface area (Å²) in [6.45, 7) is 3.38. The van der Waals surface area contributed by atoms with Crippen LogP contribution >= 0.6 is 0 Å². The van der Waals surface area contributed by atoms with Gasteiger partial charge in [-0.25, -0.2) is 17.6 Å². The second kappa shape index (κ2) is 9.36. The maximum absolute atomic E-state index is 14.9. The molecule has 4 rings (SSSR count).